The number of benzene rings is 2. The third kappa shape index (κ3) is 4.01. The molecule has 0 aliphatic heterocycles. The molecule has 2 heterocycles. The third-order valence-corrected chi connectivity index (χ3v) is 5.41. The van der Waals surface area contributed by atoms with Crippen molar-refractivity contribution in [1.29, 1.82) is 0 Å². The van der Waals surface area contributed by atoms with Crippen molar-refractivity contribution in [3.05, 3.63) is 75.2 Å². The quantitative estimate of drug-likeness (QED) is 0.391. The fourth-order valence-corrected chi connectivity index (χ4v) is 3.55. The van der Waals surface area contributed by atoms with Crippen molar-refractivity contribution in [2.24, 2.45) is 0 Å². The molecule has 0 saturated carbocycles. The Hall–Kier alpha value is -3.17. The van der Waals surface area contributed by atoms with Gasteiger partial charge in [-0.1, -0.05) is 35.3 Å². The van der Waals surface area contributed by atoms with Crippen LogP contribution in [0.15, 0.2) is 42.5 Å². The van der Waals surface area contributed by atoms with Crippen LogP contribution in [-0.2, 0) is 6.18 Å². The number of nitrogens with zero attached hydrogens (tertiary/aromatic N) is 4. The SMILES string of the molecule is Cc1nn2c(C)c(C(=O)Nc3cc(C(F)(F)F)ccc3Cl)nnc2c1-c1ccc(Cl)cc1. The number of amides is 1. The van der Waals surface area contributed by atoms with Crippen molar-refractivity contribution < 1.29 is 18.0 Å². The first-order chi connectivity index (χ1) is 15.1. The Balaban J connectivity index is 1.73. The van der Waals surface area contributed by atoms with Gasteiger partial charge >= 0.3 is 6.18 Å². The van der Waals surface area contributed by atoms with E-state index in [1.54, 1.807) is 26.0 Å². The molecule has 32 heavy (non-hydrogen) atoms. The van der Waals surface area contributed by atoms with Crippen LogP contribution >= 0.6 is 23.2 Å². The summed E-state index contributed by atoms with van der Waals surface area (Å²) in [6.45, 7) is 3.41. The minimum absolute atomic E-state index is 0.0435. The summed E-state index contributed by atoms with van der Waals surface area (Å²) in [5, 5.41) is 15.5. The van der Waals surface area contributed by atoms with Crippen LogP contribution < -0.4 is 5.32 Å². The molecule has 0 aliphatic carbocycles. The number of aryl methyl sites for hydroxylation is 2. The smallest absolute Gasteiger partial charge is 0.319 e. The molecule has 4 aromatic rings. The van der Waals surface area contributed by atoms with Crippen molar-refractivity contribution in [2.75, 3.05) is 5.32 Å². The number of hydrogen-bond donors (Lipinski definition) is 1. The van der Waals surface area contributed by atoms with Crippen molar-refractivity contribution in [1.82, 2.24) is 19.8 Å². The Morgan fingerprint density at radius 2 is 1.72 bits per heavy atom. The maximum Gasteiger partial charge on any atom is 0.416 e. The van der Waals surface area contributed by atoms with E-state index in [1.807, 2.05) is 12.1 Å². The molecule has 1 N–H and O–H groups in total. The van der Waals surface area contributed by atoms with Crippen molar-refractivity contribution >= 4 is 40.4 Å². The van der Waals surface area contributed by atoms with E-state index < -0.39 is 17.6 Å². The normalized spacial score (nSPS) is 11.7. The highest BCUT2D eigenvalue weighted by molar-refractivity contribution is 6.34. The zero-order chi connectivity index (χ0) is 23.2. The molecule has 0 fully saturated rings. The molecule has 2 aromatic carbocycles. The predicted octanol–water partition coefficient (Wildman–Crippen LogP) is 5.99. The van der Waals surface area contributed by atoms with E-state index in [0.29, 0.717) is 22.1 Å². The molecule has 4 rings (SSSR count). The third-order valence-electron chi connectivity index (χ3n) is 4.83. The zero-order valence-electron chi connectivity index (χ0n) is 16.6. The maximum absolute atomic E-state index is 13.0. The highest BCUT2D eigenvalue weighted by Gasteiger charge is 2.31. The number of halogens is 5. The van der Waals surface area contributed by atoms with Crippen LogP contribution in [0.25, 0.3) is 16.8 Å². The van der Waals surface area contributed by atoms with Gasteiger partial charge in [0.1, 0.15) is 0 Å². The van der Waals surface area contributed by atoms with Crippen LogP contribution in [-0.4, -0.2) is 25.7 Å². The van der Waals surface area contributed by atoms with Crippen LogP contribution in [0.3, 0.4) is 0 Å². The lowest BCUT2D eigenvalue weighted by Crippen LogP contribution is -2.19. The molecule has 6 nitrogen and oxygen atoms in total. The molecule has 0 bridgehead atoms. The van der Waals surface area contributed by atoms with Crippen LogP contribution in [0.2, 0.25) is 10.0 Å². The Labute approximate surface area is 190 Å². The molecular formula is C21H14Cl2F3N5O. The minimum Gasteiger partial charge on any atom is -0.319 e. The Bertz CT molecular complexity index is 1350. The van der Waals surface area contributed by atoms with E-state index in [4.69, 9.17) is 23.2 Å². The average Bonchev–Trinajstić information content (AvgIpc) is 3.06. The molecule has 0 saturated heterocycles. The van der Waals surface area contributed by atoms with Crippen molar-refractivity contribution in [3.8, 4) is 11.1 Å². The van der Waals surface area contributed by atoms with E-state index >= 15 is 0 Å². The standard InChI is InChI=1S/C21H14Cl2F3N5O/c1-10-17(12-3-6-14(22)7-4-12)19-29-28-18(11(2)31(19)30-10)20(32)27-16-9-13(21(24,25)26)5-8-15(16)23/h3-9H,1-2H3,(H,27,32). The predicted molar refractivity (Wildman–Crippen MR) is 115 cm³/mol. The lowest BCUT2D eigenvalue weighted by molar-refractivity contribution is -0.137. The van der Waals surface area contributed by atoms with Gasteiger partial charge in [0, 0.05) is 5.02 Å². The number of alkyl halides is 3. The molecule has 1 amide bonds. The molecule has 0 radical (unpaired) electrons. The Kier molecular flexibility index (Phi) is 5.56. The van der Waals surface area contributed by atoms with Gasteiger partial charge in [0.25, 0.3) is 5.91 Å². The average molecular weight is 480 g/mol. The Morgan fingerprint density at radius 3 is 2.38 bits per heavy atom. The lowest BCUT2D eigenvalue weighted by Gasteiger charge is -2.12. The first kappa shape index (κ1) is 22.0. The summed E-state index contributed by atoms with van der Waals surface area (Å²) in [7, 11) is 0. The fourth-order valence-electron chi connectivity index (χ4n) is 3.25. The number of carbonyl (C=O) groups excluding carboxylic acids is 1. The van der Waals surface area contributed by atoms with Gasteiger partial charge in [0.2, 0.25) is 0 Å². The number of anilines is 1. The molecule has 0 spiro atoms. The number of fused-ring (bicyclic) bond motifs is 1. The minimum atomic E-state index is -4.58. The summed E-state index contributed by atoms with van der Waals surface area (Å²) < 4.78 is 40.5. The number of carbonyl (C=O) groups is 1. The molecule has 0 unspecified atom stereocenters. The van der Waals surface area contributed by atoms with E-state index in [-0.39, 0.29) is 16.4 Å². The molecule has 0 aliphatic rings. The van der Waals surface area contributed by atoms with Gasteiger partial charge in [-0.2, -0.15) is 18.3 Å². The molecule has 164 valence electrons. The number of hydrogen-bond acceptors (Lipinski definition) is 4. The lowest BCUT2D eigenvalue weighted by atomic mass is 10.1. The first-order valence-electron chi connectivity index (χ1n) is 9.23. The zero-order valence-corrected chi connectivity index (χ0v) is 18.1. The number of aromatic nitrogens is 4. The van der Waals surface area contributed by atoms with Gasteiger partial charge in [-0.25, -0.2) is 4.52 Å². The topological polar surface area (TPSA) is 72.2 Å². The van der Waals surface area contributed by atoms with E-state index in [0.717, 1.165) is 29.3 Å². The van der Waals surface area contributed by atoms with Gasteiger partial charge < -0.3 is 5.32 Å². The largest absolute Gasteiger partial charge is 0.416 e. The van der Waals surface area contributed by atoms with Crippen LogP contribution in [0, 0.1) is 13.8 Å². The second-order valence-electron chi connectivity index (χ2n) is 6.98. The van der Waals surface area contributed by atoms with Gasteiger partial charge in [0.05, 0.1) is 33.2 Å². The molecule has 0 atom stereocenters. The summed E-state index contributed by atoms with van der Waals surface area (Å²) in [6.07, 6.45) is -4.58. The fraction of sp³-hybridized carbons (Fsp3) is 0.143. The van der Waals surface area contributed by atoms with E-state index in [1.165, 1.54) is 4.52 Å². The van der Waals surface area contributed by atoms with Gasteiger partial charge in [-0.15, -0.1) is 10.2 Å². The second-order valence-corrected chi connectivity index (χ2v) is 7.83. The molecule has 2 aromatic heterocycles. The maximum atomic E-state index is 13.0. The molecular weight excluding hydrogens is 466 g/mol. The monoisotopic (exact) mass is 479 g/mol. The second kappa shape index (κ2) is 8.07. The number of rotatable bonds is 3. The summed E-state index contributed by atoms with van der Waals surface area (Å²) in [5.41, 5.74) is 1.76. The van der Waals surface area contributed by atoms with Gasteiger partial charge in [0.15, 0.2) is 11.3 Å². The van der Waals surface area contributed by atoms with Crippen LogP contribution in [0.1, 0.15) is 27.4 Å². The Morgan fingerprint density at radius 1 is 1.03 bits per heavy atom. The van der Waals surface area contributed by atoms with Crippen LogP contribution in [0.4, 0.5) is 18.9 Å². The first-order valence-corrected chi connectivity index (χ1v) is 9.98. The van der Waals surface area contributed by atoms with Crippen molar-refractivity contribution in [3.63, 3.8) is 0 Å². The van der Waals surface area contributed by atoms with Gasteiger partial charge in [-0.3, -0.25) is 4.79 Å². The number of nitrogens with one attached hydrogen (secondary N) is 1. The van der Waals surface area contributed by atoms with Crippen molar-refractivity contribution in [2.45, 2.75) is 20.0 Å². The summed E-state index contributed by atoms with van der Waals surface area (Å²) in [6, 6.07) is 9.77. The molecule has 11 heteroatoms. The summed E-state index contributed by atoms with van der Waals surface area (Å²) in [5.74, 6) is -0.765. The highest BCUT2D eigenvalue weighted by atomic mass is 35.5. The summed E-state index contributed by atoms with van der Waals surface area (Å²) in [4.78, 5) is 12.8. The van der Waals surface area contributed by atoms with Crippen LogP contribution in [0.5, 0.6) is 0 Å². The van der Waals surface area contributed by atoms with E-state index in [2.05, 4.69) is 20.6 Å². The van der Waals surface area contributed by atoms with Gasteiger partial charge in [-0.05, 0) is 49.7 Å². The van der Waals surface area contributed by atoms with E-state index in [9.17, 15) is 18.0 Å². The summed E-state index contributed by atoms with van der Waals surface area (Å²) >= 11 is 11.9. The highest BCUT2D eigenvalue weighted by Crippen LogP contribution is 2.34.